The summed E-state index contributed by atoms with van der Waals surface area (Å²) in [6.07, 6.45) is 3.45. The largest absolute Gasteiger partial charge is 0.508 e. The third-order valence-corrected chi connectivity index (χ3v) is 2.51. The summed E-state index contributed by atoms with van der Waals surface area (Å²) in [5.74, 6) is -0.508. The average Bonchev–Trinajstić information content (AvgIpc) is 2.36. The smallest absolute Gasteiger partial charge is 0.308 e. The summed E-state index contributed by atoms with van der Waals surface area (Å²) in [6, 6.07) is 10.7. The molecule has 2 rings (SSSR count). The van der Waals surface area contributed by atoms with Crippen LogP contribution in [0.1, 0.15) is 18.1 Å². The van der Waals surface area contributed by atoms with Gasteiger partial charge >= 0.3 is 5.97 Å². The van der Waals surface area contributed by atoms with Crippen LogP contribution in [-0.2, 0) is 4.79 Å². The van der Waals surface area contributed by atoms with Gasteiger partial charge in [0, 0.05) is 13.0 Å². The molecule has 0 saturated carbocycles. The third-order valence-electron chi connectivity index (χ3n) is 2.51. The Bertz CT molecular complexity index is 625. The van der Waals surface area contributed by atoms with Gasteiger partial charge in [0.15, 0.2) is 0 Å². The van der Waals surface area contributed by atoms with Crippen molar-refractivity contribution in [2.24, 2.45) is 0 Å². The SMILES string of the molecule is CC(=O)Oc1ccc(C=Cc2cc(O)cc(F)c2)cc1. The highest BCUT2D eigenvalue weighted by Crippen LogP contribution is 2.18. The van der Waals surface area contributed by atoms with Gasteiger partial charge in [-0.05, 0) is 35.4 Å². The predicted octanol–water partition coefficient (Wildman–Crippen LogP) is 3.63. The highest BCUT2D eigenvalue weighted by Gasteiger charge is 1.98. The molecule has 0 radical (unpaired) electrons. The number of hydrogen-bond donors (Lipinski definition) is 1. The van der Waals surface area contributed by atoms with Gasteiger partial charge in [-0.3, -0.25) is 4.79 Å². The maximum absolute atomic E-state index is 13.1. The van der Waals surface area contributed by atoms with Gasteiger partial charge in [-0.15, -0.1) is 0 Å². The first-order valence-corrected chi connectivity index (χ1v) is 5.99. The van der Waals surface area contributed by atoms with Gasteiger partial charge in [0.05, 0.1) is 0 Å². The van der Waals surface area contributed by atoms with E-state index in [1.165, 1.54) is 19.1 Å². The lowest BCUT2D eigenvalue weighted by atomic mass is 10.1. The second kappa shape index (κ2) is 6.02. The van der Waals surface area contributed by atoms with Crippen LogP contribution in [0.5, 0.6) is 11.5 Å². The molecule has 0 heterocycles. The van der Waals surface area contributed by atoms with Crippen LogP contribution in [0.3, 0.4) is 0 Å². The molecular weight excluding hydrogens is 259 g/mol. The van der Waals surface area contributed by atoms with Crippen molar-refractivity contribution < 1.29 is 19.0 Å². The minimum Gasteiger partial charge on any atom is -0.508 e. The van der Waals surface area contributed by atoms with Crippen LogP contribution in [0.4, 0.5) is 4.39 Å². The van der Waals surface area contributed by atoms with Gasteiger partial charge in [-0.2, -0.15) is 0 Å². The number of carbonyl (C=O) groups excluding carboxylic acids is 1. The fourth-order valence-electron chi connectivity index (χ4n) is 1.70. The van der Waals surface area contributed by atoms with Crippen LogP contribution in [0.15, 0.2) is 42.5 Å². The number of esters is 1. The fourth-order valence-corrected chi connectivity index (χ4v) is 1.70. The first-order chi connectivity index (χ1) is 9.52. The number of hydrogen-bond acceptors (Lipinski definition) is 3. The summed E-state index contributed by atoms with van der Waals surface area (Å²) in [7, 11) is 0. The molecule has 0 aliphatic rings. The number of rotatable bonds is 3. The third kappa shape index (κ3) is 3.95. The van der Waals surface area contributed by atoms with Gasteiger partial charge in [0.1, 0.15) is 17.3 Å². The van der Waals surface area contributed by atoms with Crippen LogP contribution in [0.25, 0.3) is 12.2 Å². The summed E-state index contributed by atoms with van der Waals surface area (Å²) in [4.78, 5) is 10.8. The van der Waals surface area contributed by atoms with Crippen LogP contribution >= 0.6 is 0 Å². The standard InChI is InChI=1S/C16H13FO3/c1-11(18)20-16-6-4-12(5-7-16)2-3-13-8-14(17)10-15(19)9-13/h2-10,19H,1H3. The molecule has 0 fully saturated rings. The highest BCUT2D eigenvalue weighted by atomic mass is 19.1. The number of carbonyl (C=O) groups is 1. The van der Waals surface area contributed by atoms with Gasteiger partial charge in [-0.25, -0.2) is 4.39 Å². The molecule has 0 amide bonds. The van der Waals surface area contributed by atoms with Crippen molar-refractivity contribution in [2.45, 2.75) is 6.92 Å². The van der Waals surface area contributed by atoms with Crippen molar-refractivity contribution in [3.05, 3.63) is 59.4 Å². The van der Waals surface area contributed by atoms with Crippen molar-refractivity contribution in [2.75, 3.05) is 0 Å². The second-order valence-electron chi connectivity index (χ2n) is 4.24. The van der Waals surface area contributed by atoms with Crippen molar-refractivity contribution in [3.8, 4) is 11.5 Å². The van der Waals surface area contributed by atoms with E-state index in [0.717, 1.165) is 11.6 Å². The van der Waals surface area contributed by atoms with Crippen molar-refractivity contribution in [1.82, 2.24) is 0 Å². The Morgan fingerprint density at radius 2 is 1.75 bits per heavy atom. The van der Waals surface area contributed by atoms with E-state index < -0.39 is 5.82 Å². The van der Waals surface area contributed by atoms with Gasteiger partial charge in [0.25, 0.3) is 0 Å². The Morgan fingerprint density at radius 3 is 2.35 bits per heavy atom. The summed E-state index contributed by atoms with van der Waals surface area (Å²) >= 11 is 0. The van der Waals surface area contributed by atoms with Crippen molar-refractivity contribution in [3.63, 3.8) is 0 Å². The maximum atomic E-state index is 13.1. The zero-order chi connectivity index (χ0) is 14.5. The normalized spacial score (nSPS) is 10.7. The molecule has 2 aromatic rings. The molecule has 0 bridgehead atoms. The summed E-state index contributed by atoms with van der Waals surface area (Å²) in [5.41, 5.74) is 1.43. The fraction of sp³-hybridized carbons (Fsp3) is 0.0625. The highest BCUT2D eigenvalue weighted by molar-refractivity contribution is 5.71. The lowest BCUT2D eigenvalue weighted by molar-refractivity contribution is -0.131. The lowest BCUT2D eigenvalue weighted by Gasteiger charge is -2.01. The van der Waals surface area contributed by atoms with Gasteiger partial charge in [-0.1, -0.05) is 24.3 Å². The Hall–Kier alpha value is -2.62. The molecule has 0 atom stereocenters. The van der Waals surface area contributed by atoms with Crippen molar-refractivity contribution >= 4 is 18.1 Å². The summed E-state index contributed by atoms with van der Waals surface area (Å²) < 4.78 is 18.0. The number of phenols is 1. The zero-order valence-electron chi connectivity index (χ0n) is 10.8. The second-order valence-corrected chi connectivity index (χ2v) is 4.24. The number of aromatic hydroxyl groups is 1. The molecule has 0 unspecified atom stereocenters. The first-order valence-electron chi connectivity index (χ1n) is 5.99. The Kier molecular flexibility index (Phi) is 4.15. The maximum Gasteiger partial charge on any atom is 0.308 e. The van der Waals surface area contributed by atoms with E-state index in [2.05, 4.69) is 0 Å². The van der Waals surface area contributed by atoms with E-state index in [0.29, 0.717) is 11.3 Å². The Balaban J connectivity index is 2.12. The van der Waals surface area contributed by atoms with E-state index in [1.54, 1.807) is 36.4 Å². The van der Waals surface area contributed by atoms with E-state index in [1.807, 2.05) is 0 Å². The molecular formula is C16H13FO3. The molecule has 0 spiro atoms. The monoisotopic (exact) mass is 272 g/mol. The van der Waals surface area contributed by atoms with E-state index in [4.69, 9.17) is 4.74 Å². The van der Waals surface area contributed by atoms with Crippen LogP contribution in [-0.4, -0.2) is 11.1 Å². The lowest BCUT2D eigenvalue weighted by Crippen LogP contribution is -2.00. The van der Waals surface area contributed by atoms with Gasteiger partial charge in [0.2, 0.25) is 0 Å². The van der Waals surface area contributed by atoms with E-state index in [9.17, 15) is 14.3 Å². The number of phenolic OH excluding ortho intramolecular Hbond substituents is 1. The van der Waals surface area contributed by atoms with Crippen LogP contribution < -0.4 is 4.74 Å². The predicted molar refractivity (Wildman–Crippen MR) is 74.7 cm³/mol. The van der Waals surface area contributed by atoms with Crippen LogP contribution in [0.2, 0.25) is 0 Å². The molecule has 20 heavy (non-hydrogen) atoms. The minimum atomic E-state index is -0.491. The number of halogens is 1. The van der Waals surface area contributed by atoms with Crippen LogP contribution in [0, 0.1) is 5.82 Å². The van der Waals surface area contributed by atoms with Crippen molar-refractivity contribution in [1.29, 1.82) is 0 Å². The minimum absolute atomic E-state index is 0.116. The molecule has 4 heteroatoms. The van der Waals surface area contributed by atoms with E-state index >= 15 is 0 Å². The zero-order valence-corrected chi connectivity index (χ0v) is 10.8. The Labute approximate surface area is 115 Å². The Morgan fingerprint density at radius 1 is 1.10 bits per heavy atom. The molecule has 0 aromatic heterocycles. The number of ether oxygens (including phenoxy) is 1. The first kappa shape index (κ1) is 13.8. The molecule has 0 saturated heterocycles. The number of benzene rings is 2. The molecule has 0 aliphatic carbocycles. The summed E-state index contributed by atoms with van der Waals surface area (Å²) in [5, 5.41) is 9.29. The molecule has 102 valence electrons. The van der Waals surface area contributed by atoms with E-state index in [-0.39, 0.29) is 11.7 Å². The molecule has 3 nitrogen and oxygen atoms in total. The average molecular weight is 272 g/mol. The topological polar surface area (TPSA) is 46.5 Å². The molecule has 0 aliphatic heterocycles. The molecule has 2 aromatic carbocycles. The summed E-state index contributed by atoms with van der Waals surface area (Å²) in [6.45, 7) is 1.34. The quantitative estimate of drug-likeness (QED) is 0.527. The van der Waals surface area contributed by atoms with Gasteiger partial charge < -0.3 is 9.84 Å². The molecule has 1 N–H and O–H groups in total.